The number of hydrogen-bond donors (Lipinski definition) is 2. The van der Waals surface area contributed by atoms with E-state index in [1.165, 1.54) is 25.7 Å². The highest BCUT2D eigenvalue weighted by atomic mass is 32.2. The molecule has 0 saturated carbocycles. The van der Waals surface area contributed by atoms with Crippen molar-refractivity contribution in [3.63, 3.8) is 0 Å². The molecule has 0 fully saturated rings. The fourth-order valence-electron chi connectivity index (χ4n) is 3.75. The third-order valence-corrected chi connectivity index (χ3v) is 7.19. The Hall–Kier alpha value is -1.30. The standard InChI is InChI=1S/C24H36N2OS2/c1-6-10-14-24(15-11-7-2)18-26(19(12-8-3)13-9-4)20-16-23(28-5)21(27)17-22(20)29-25-24/h8-9,12-13,16-17,25,27H,3,6-7,10-11,14-15,18H2,1-2,4-5H3/b13-9-,19-12+. The molecule has 160 valence electrons. The maximum absolute atomic E-state index is 10.5. The summed E-state index contributed by atoms with van der Waals surface area (Å²) in [4.78, 5) is 4.38. The molecule has 0 spiro atoms. The van der Waals surface area contributed by atoms with Gasteiger partial charge in [-0.2, -0.15) is 0 Å². The van der Waals surface area contributed by atoms with Crippen LogP contribution in [0.3, 0.4) is 0 Å². The maximum Gasteiger partial charge on any atom is 0.130 e. The van der Waals surface area contributed by atoms with Crippen molar-refractivity contribution >= 4 is 29.4 Å². The summed E-state index contributed by atoms with van der Waals surface area (Å²) in [5.41, 5.74) is 2.29. The molecule has 1 aromatic rings. The zero-order valence-corrected chi connectivity index (χ0v) is 20.0. The van der Waals surface area contributed by atoms with Crippen molar-refractivity contribution in [3.05, 3.63) is 48.7 Å². The molecule has 0 unspecified atom stereocenters. The highest BCUT2D eigenvalue weighted by Gasteiger charge is 2.36. The van der Waals surface area contributed by atoms with Crippen LogP contribution in [0.1, 0.15) is 59.3 Å². The molecule has 0 radical (unpaired) electrons. The quantitative estimate of drug-likeness (QED) is 0.230. The van der Waals surface area contributed by atoms with E-state index in [4.69, 9.17) is 0 Å². The molecule has 2 rings (SSSR count). The Morgan fingerprint density at radius 1 is 1.31 bits per heavy atom. The van der Waals surface area contributed by atoms with Gasteiger partial charge in [-0.15, -0.1) is 11.8 Å². The van der Waals surface area contributed by atoms with Crippen molar-refractivity contribution in [3.8, 4) is 5.75 Å². The van der Waals surface area contributed by atoms with Crippen LogP contribution in [0.2, 0.25) is 0 Å². The van der Waals surface area contributed by atoms with Gasteiger partial charge in [-0.3, -0.25) is 4.72 Å². The van der Waals surface area contributed by atoms with Gasteiger partial charge in [-0.05, 0) is 62.3 Å². The molecular weight excluding hydrogens is 396 g/mol. The summed E-state index contributed by atoms with van der Waals surface area (Å²) in [6.07, 6.45) is 17.2. The predicted octanol–water partition coefficient (Wildman–Crippen LogP) is 7.30. The third-order valence-electron chi connectivity index (χ3n) is 5.34. The second-order valence-corrected chi connectivity index (χ2v) is 9.29. The van der Waals surface area contributed by atoms with Crippen LogP contribution in [0.4, 0.5) is 5.69 Å². The molecule has 2 N–H and O–H groups in total. The highest BCUT2D eigenvalue weighted by Crippen LogP contribution is 2.44. The molecule has 3 nitrogen and oxygen atoms in total. The number of thioether (sulfide) groups is 1. The maximum atomic E-state index is 10.5. The number of unbranched alkanes of at least 4 members (excludes halogenated alkanes) is 2. The van der Waals surface area contributed by atoms with Crippen molar-refractivity contribution in [1.29, 1.82) is 0 Å². The number of phenolic OH excluding ortho intramolecular Hbond substituents is 1. The van der Waals surface area contributed by atoms with E-state index in [-0.39, 0.29) is 5.54 Å². The zero-order valence-electron chi connectivity index (χ0n) is 18.3. The molecule has 29 heavy (non-hydrogen) atoms. The number of fused-ring (bicyclic) bond motifs is 1. The van der Waals surface area contributed by atoms with Gasteiger partial charge in [0.25, 0.3) is 0 Å². The lowest BCUT2D eigenvalue weighted by atomic mass is 9.87. The van der Waals surface area contributed by atoms with Crippen LogP contribution in [0.15, 0.2) is 58.5 Å². The SMILES string of the molecule is C=C/C=C(\C=C/C)N1CC(CCCC)(CCCC)NSc2cc(O)c(SC)cc21. The van der Waals surface area contributed by atoms with Crippen LogP contribution in [-0.2, 0) is 0 Å². The number of benzene rings is 1. The first kappa shape index (κ1) is 24.0. The van der Waals surface area contributed by atoms with Gasteiger partial charge in [0.15, 0.2) is 0 Å². The topological polar surface area (TPSA) is 35.5 Å². The molecule has 0 aliphatic carbocycles. The van der Waals surface area contributed by atoms with Gasteiger partial charge in [0.1, 0.15) is 5.75 Å². The molecule has 0 saturated heterocycles. The summed E-state index contributed by atoms with van der Waals surface area (Å²) < 4.78 is 3.83. The van der Waals surface area contributed by atoms with Gasteiger partial charge >= 0.3 is 0 Å². The van der Waals surface area contributed by atoms with Crippen LogP contribution in [0, 0.1) is 0 Å². The van der Waals surface area contributed by atoms with E-state index in [1.54, 1.807) is 23.7 Å². The smallest absolute Gasteiger partial charge is 0.130 e. The van der Waals surface area contributed by atoms with Crippen molar-refractivity contribution in [2.45, 2.75) is 74.6 Å². The van der Waals surface area contributed by atoms with E-state index in [2.05, 4.69) is 54.3 Å². The number of aromatic hydroxyl groups is 1. The number of rotatable bonds is 10. The number of nitrogens with one attached hydrogen (secondary N) is 1. The van der Waals surface area contributed by atoms with Gasteiger partial charge < -0.3 is 10.0 Å². The van der Waals surface area contributed by atoms with Crippen LogP contribution < -0.4 is 9.62 Å². The van der Waals surface area contributed by atoms with Gasteiger partial charge in [-0.25, -0.2) is 0 Å². The van der Waals surface area contributed by atoms with Gasteiger partial charge in [0, 0.05) is 17.8 Å². The van der Waals surface area contributed by atoms with Crippen molar-refractivity contribution < 1.29 is 5.11 Å². The monoisotopic (exact) mass is 432 g/mol. The lowest BCUT2D eigenvalue weighted by Gasteiger charge is -2.38. The lowest BCUT2D eigenvalue weighted by molar-refractivity contribution is 0.327. The predicted molar refractivity (Wildman–Crippen MR) is 131 cm³/mol. The van der Waals surface area contributed by atoms with Crippen LogP contribution in [0.25, 0.3) is 0 Å². The summed E-state index contributed by atoms with van der Waals surface area (Å²) in [6, 6.07) is 4.03. The average Bonchev–Trinajstić information content (AvgIpc) is 2.87. The van der Waals surface area contributed by atoms with E-state index in [9.17, 15) is 5.11 Å². The Labute approximate surface area is 185 Å². The number of allylic oxidation sites excluding steroid dienone is 4. The normalized spacial score (nSPS) is 16.7. The second kappa shape index (κ2) is 11.8. The highest BCUT2D eigenvalue weighted by molar-refractivity contribution is 7.98. The fraction of sp³-hybridized carbons (Fsp3) is 0.500. The van der Waals surface area contributed by atoms with Gasteiger partial charge in [0.2, 0.25) is 0 Å². The molecule has 0 aromatic heterocycles. The summed E-state index contributed by atoms with van der Waals surface area (Å²) in [5.74, 6) is 0.348. The molecule has 1 aromatic carbocycles. The Bertz CT molecular complexity index is 735. The summed E-state index contributed by atoms with van der Waals surface area (Å²) in [5, 5.41) is 10.5. The van der Waals surface area contributed by atoms with E-state index in [0.717, 1.165) is 40.6 Å². The number of nitrogens with zero attached hydrogens (tertiary/aromatic N) is 1. The average molecular weight is 433 g/mol. The van der Waals surface area contributed by atoms with Gasteiger partial charge in [0.05, 0.1) is 15.5 Å². The van der Waals surface area contributed by atoms with Gasteiger partial charge in [-0.1, -0.05) is 58.3 Å². The first-order valence-electron chi connectivity index (χ1n) is 10.6. The number of hydrogen-bond acceptors (Lipinski definition) is 5. The van der Waals surface area contributed by atoms with Crippen molar-refractivity contribution in [1.82, 2.24) is 4.72 Å². The Balaban J connectivity index is 2.61. The van der Waals surface area contributed by atoms with E-state index < -0.39 is 0 Å². The summed E-state index contributed by atoms with van der Waals surface area (Å²) in [6.45, 7) is 11.4. The van der Waals surface area contributed by atoms with E-state index in [1.807, 2.05) is 25.3 Å². The minimum absolute atomic E-state index is 0.0205. The molecule has 5 heteroatoms. The first-order chi connectivity index (χ1) is 14.0. The molecule has 0 amide bonds. The third kappa shape index (κ3) is 6.09. The number of anilines is 1. The second-order valence-electron chi connectivity index (χ2n) is 7.60. The fourth-order valence-corrected chi connectivity index (χ4v) is 5.29. The minimum Gasteiger partial charge on any atom is -0.507 e. The largest absolute Gasteiger partial charge is 0.507 e. The first-order valence-corrected chi connectivity index (χ1v) is 12.7. The summed E-state index contributed by atoms with van der Waals surface area (Å²) >= 11 is 3.25. The van der Waals surface area contributed by atoms with Crippen molar-refractivity contribution in [2.75, 3.05) is 17.7 Å². The Morgan fingerprint density at radius 3 is 2.55 bits per heavy atom. The van der Waals surface area contributed by atoms with E-state index in [0.29, 0.717) is 5.75 Å². The lowest BCUT2D eigenvalue weighted by Crippen LogP contribution is -2.49. The molecular formula is C24H36N2OS2. The Morgan fingerprint density at radius 2 is 2.00 bits per heavy atom. The Kier molecular flexibility index (Phi) is 9.73. The van der Waals surface area contributed by atoms with Crippen LogP contribution >= 0.6 is 23.7 Å². The van der Waals surface area contributed by atoms with E-state index >= 15 is 0 Å². The van der Waals surface area contributed by atoms with Crippen molar-refractivity contribution in [2.24, 2.45) is 0 Å². The molecule has 1 aliphatic rings. The molecule has 0 bridgehead atoms. The molecule has 1 aliphatic heterocycles. The van der Waals surface area contributed by atoms with Crippen LogP contribution in [-0.4, -0.2) is 23.4 Å². The molecule has 1 heterocycles. The minimum atomic E-state index is 0.0205. The summed E-state index contributed by atoms with van der Waals surface area (Å²) in [7, 11) is 0. The van der Waals surface area contributed by atoms with Crippen LogP contribution in [0.5, 0.6) is 5.75 Å². The molecule has 0 atom stereocenters. The zero-order chi connectivity index (χ0) is 21.3. The number of phenols is 1.